The maximum absolute atomic E-state index is 11.8. The Kier molecular flexibility index (Phi) is 6.36. The molecule has 0 amide bonds. The molecule has 0 saturated heterocycles. The smallest absolute Gasteiger partial charge is 0.381 e. The molecule has 0 unspecified atom stereocenters. The van der Waals surface area contributed by atoms with Crippen LogP contribution in [0.5, 0.6) is 0 Å². The molecule has 0 spiro atoms. The van der Waals surface area contributed by atoms with E-state index in [-0.39, 0.29) is 13.0 Å². The van der Waals surface area contributed by atoms with E-state index < -0.39 is 12.6 Å². The van der Waals surface area contributed by atoms with Crippen LogP contribution in [0.1, 0.15) is 12.8 Å². The van der Waals surface area contributed by atoms with Gasteiger partial charge in [-0.2, -0.15) is 13.2 Å². The van der Waals surface area contributed by atoms with Crippen LogP contribution in [0, 0.1) is 0 Å². The van der Waals surface area contributed by atoms with Gasteiger partial charge in [0, 0.05) is 25.0 Å². The summed E-state index contributed by atoms with van der Waals surface area (Å²) in [5.74, 6) is 0.697. The van der Waals surface area contributed by atoms with Crippen LogP contribution in [-0.4, -0.2) is 30.1 Å². The Hall–Kier alpha value is -0.750. The van der Waals surface area contributed by atoms with Gasteiger partial charge in [-0.1, -0.05) is 6.07 Å². The number of hydrogen-bond donors (Lipinski definition) is 0. The molecular weight excluding hydrogens is 251 g/mol. The molecule has 0 atom stereocenters. The fraction of sp³-hybridized carbons (Fsp3) is 0.545. The van der Waals surface area contributed by atoms with Gasteiger partial charge < -0.3 is 4.74 Å². The second-order valence-electron chi connectivity index (χ2n) is 3.35. The Balaban J connectivity index is 1.95. The van der Waals surface area contributed by atoms with E-state index in [0.29, 0.717) is 12.4 Å². The van der Waals surface area contributed by atoms with Crippen LogP contribution in [0.25, 0.3) is 0 Å². The van der Waals surface area contributed by atoms with Gasteiger partial charge in [0.1, 0.15) is 0 Å². The Labute approximate surface area is 103 Å². The van der Waals surface area contributed by atoms with E-state index in [1.54, 1.807) is 6.20 Å². The highest BCUT2D eigenvalue weighted by Crippen LogP contribution is 2.21. The highest BCUT2D eigenvalue weighted by Gasteiger charge is 2.25. The standard InChI is InChI=1S/C11H14F3NOS/c12-11(13,14)5-3-7-16-8-9-17-10-4-1-2-6-15-10/h1-2,4,6H,3,5,7-9H2. The molecule has 1 aromatic heterocycles. The minimum absolute atomic E-state index is 0.0255. The summed E-state index contributed by atoms with van der Waals surface area (Å²) in [5.41, 5.74) is 0. The first kappa shape index (κ1) is 14.3. The fourth-order valence-electron chi connectivity index (χ4n) is 1.11. The van der Waals surface area contributed by atoms with Gasteiger partial charge in [0.05, 0.1) is 11.6 Å². The normalized spacial score (nSPS) is 11.7. The zero-order valence-corrected chi connectivity index (χ0v) is 10.1. The first-order valence-electron chi connectivity index (χ1n) is 5.26. The maximum atomic E-state index is 11.8. The zero-order valence-electron chi connectivity index (χ0n) is 9.24. The van der Waals surface area contributed by atoms with Gasteiger partial charge in [0.15, 0.2) is 0 Å². The molecule has 0 aromatic carbocycles. The first-order chi connectivity index (χ1) is 8.08. The second kappa shape index (κ2) is 7.55. The number of thioether (sulfide) groups is 1. The Morgan fingerprint density at radius 1 is 1.24 bits per heavy atom. The van der Waals surface area contributed by atoms with Crippen LogP contribution in [0.2, 0.25) is 0 Å². The Bertz CT molecular complexity index is 305. The van der Waals surface area contributed by atoms with Gasteiger partial charge in [0.25, 0.3) is 0 Å². The highest BCUT2D eigenvalue weighted by molar-refractivity contribution is 7.99. The van der Waals surface area contributed by atoms with Crippen molar-refractivity contribution in [2.24, 2.45) is 0 Å². The van der Waals surface area contributed by atoms with Gasteiger partial charge in [-0.15, -0.1) is 11.8 Å². The van der Waals surface area contributed by atoms with Crippen molar-refractivity contribution in [1.29, 1.82) is 0 Å². The lowest BCUT2D eigenvalue weighted by Gasteiger charge is -2.06. The number of aromatic nitrogens is 1. The number of hydrogen-bond acceptors (Lipinski definition) is 3. The molecule has 1 rings (SSSR count). The zero-order chi connectivity index (χ0) is 12.6. The average Bonchev–Trinajstić information content (AvgIpc) is 2.28. The lowest BCUT2D eigenvalue weighted by atomic mass is 10.3. The molecule has 0 radical (unpaired) electrons. The predicted octanol–water partition coefficient (Wildman–Crippen LogP) is 3.53. The summed E-state index contributed by atoms with van der Waals surface area (Å²) in [5, 5.41) is 0.895. The minimum Gasteiger partial charge on any atom is -0.381 e. The van der Waals surface area contributed by atoms with Gasteiger partial charge in [-0.25, -0.2) is 4.98 Å². The number of pyridine rings is 1. The van der Waals surface area contributed by atoms with Crippen molar-refractivity contribution in [3.63, 3.8) is 0 Å². The second-order valence-corrected chi connectivity index (χ2v) is 4.46. The fourth-order valence-corrected chi connectivity index (χ4v) is 1.83. The summed E-state index contributed by atoms with van der Waals surface area (Å²) in [6.07, 6.45) is -3.13. The molecule has 0 bridgehead atoms. The molecule has 0 aliphatic rings. The Morgan fingerprint density at radius 2 is 2.06 bits per heavy atom. The first-order valence-corrected chi connectivity index (χ1v) is 6.25. The summed E-state index contributed by atoms with van der Waals surface area (Å²) in [6.45, 7) is 0.599. The third kappa shape index (κ3) is 8.04. The molecule has 0 N–H and O–H groups in total. The van der Waals surface area contributed by atoms with Crippen molar-refractivity contribution in [1.82, 2.24) is 4.98 Å². The van der Waals surface area contributed by atoms with Crippen molar-refractivity contribution in [3.05, 3.63) is 24.4 Å². The molecule has 96 valence electrons. The minimum atomic E-state index is -4.08. The van der Waals surface area contributed by atoms with Gasteiger partial charge in [0.2, 0.25) is 0 Å². The van der Waals surface area contributed by atoms with Gasteiger partial charge in [-0.05, 0) is 18.6 Å². The average molecular weight is 265 g/mol. The maximum Gasteiger partial charge on any atom is 0.389 e. The third-order valence-electron chi connectivity index (χ3n) is 1.86. The van der Waals surface area contributed by atoms with Crippen LogP contribution in [-0.2, 0) is 4.74 Å². The Morgan fingerprint density at radius 3 is 2.71 bits per heavy atom. The van der Waals surface area contributed by atoms with E-state index in [0.717, 1.165) is 5.03 Å². The third-order valence-corrected chi connectivity index (χ3v) is 2.77. The summed E-state index contributed by atoms with van der Waals surface area (Å²) in [4.78, 5) is 4.10. The monoisotopic (exact) mass is 265 g/mol. The van der Waals surface area contributed by atoms with Crippen molar-refractivity contribution in [2.75, 3.05) is 19.0 Å². The largest absolute Gasteiger partial charge is 0.389 e. The lowest BCUT2D eigenvalue weighted by molar-refractivity contribution is -0.137. The van der Waals surface area contributed by atoms with Gasteiger partial charge >= 0.3 is 6.18 Å². The molecule has 2 nitrogen and oxygen atoms in total. The molecule has 0 fully saturated rings. The number of nitrogens with zero attached hydrogens (tertiary/aromatic N) is 1. The number of ether oxygens (including phenoxy) is 1. The van der Waals surface area contributed by atoms with E-state index in [4.69, 9.17) is 4.74 Å². The lowest BCUT2D eigenvalue weighted by Crippen LogP contribution is -2.09. The molecule has 0 aliphatic heterocycles. The number of halogens is 3. The predicted molar refractivity (Wildman–Crippen MR) is 61.1 cm³/mol. The SMILES string of the molecule is FC(F)(F)CCCOCCSc1ccccn1. The van der Waals surface area contributed by atoms with Crippen molar-refractivity contribution in [3.8, 4) is 0 Å². The molecule has 6 heteroatoms. The van der Waals surface area contributed by atoms with E-state index >= 15 is 0 Å². The summed E-state index contributed by atoms with van der Waals surface area (Å²) < 4.78 is 40.5. The van der Waals surface area contributed by atoms with Crippen LogP contribution in [0.3, 0.4) is 0 Å². The van der Waals surface area contributed by atoms with E-state index in [1.807, 2.05) is 18.2 Å². The van der Waals surface area contributed by atoms with Crippen LogP contribution in [0.15, 0.2) is 29.4 Å². The molecular formula is C11H14F3NOS. The van der Waals surface area contributed by atoms with E-state index in [2.05, 4.69) is 4.98 Å². The van der Waals surface area contributed by atoms with Crippen molar-refractivity contribution < 1.29 is 17.9 Å². The van der Waals surface area contributed by atoms with E-state index in [9.17, 15) is 13.2 Å². The number of rotatable bonds is 7. The van der Waals surface area contributed by atoms with Gasteiger partial charge in [-0.3, -0.25) is 0 Å². The van der Waals surface area contributed by atoms with Crippen LogP contribution in [0.4, 0.5) is 13.2 Å². The van der Waals surface area contributed by atoms with Crippen LogP contribution < -0.4 is 0 Å². The van der Waals surface area contributed by atoms with E-state index in [1.165, 1.54) is 11.8 Å². The molecule has 0 saturated carbocycles. The molecule has 17 heavy (non-hydrogen) atoms. The van der Waals surface area contributed by atoms with Crippen molar-refractivity contribution >= 4 is 11.8 Å². The molecule has 1 heterocycles. The molecule has 1 aromatic rings. The molecule has 0 aliphatic carbocycles. The summed E-state index contributed by atoms with van der Waals surface area (Å²) in [6, 6.07) is 5.60. The van der Waals surface area contributed by atoms with Crippen molar-refractivity contribution in [2.45, 2.75) is 24.0 Å². The van der Waals surface area contributed by atoms with Crippen LogP contribution >= 0.6 is 11.8 Å². The quantitative estimate of drug-likeness (QED) is 0.556. The highest BCUT2D eigenvalue weighted by atomic mass is 32.2. The number of alkyl halides is 3. The summed E-state index contributed by atoms with van der Waals surface area (Å²) in [7, 11) is 0. The summed E-state index contributed by atoms with van der Waals surface area (Å²) >= 11 is 1.53. The topological polar surface area (TPSA) is 22.1 Å².